The fraction of sp³-hybridized carbons (Fsp3) is 0.500. The Kier molecular flexibility index (Phi) is 6.24. The summed E-state index contributed by atoms with van der Waals surface area (Å²) in [5.41, 5.74) is 0.151. The second-order valence-corrected chi connectivity index (χ2v) is 5.60. The average molecular weight is 361 g/mol. The van der Waals surface area contributed by atoms with Crippen molar-refractivity contribution in [3.8, 4) is 5.75 Å². The second-order valence-electron chi connectivity index (χ2n) is 5.60. The number of aliphatic carboxylic acids is 1. The number of carboxylic acids is 1. The van der Waals surface area contributed by atoms with Crippen LogP contribution >= 0.6 is 0 Å². The summed E-state index contributed by atoms with van der Waals surface area (Å²) in [7, 11) is 0. The van der Waals surface area contributed by atoms with Gasteiger partial charge in [-0.1, -0.05) is 0 Å². The van der Waals surface area contributed by atoms with Crippen molar-refractivity contribution in [1.29, 1.82) is 0 Å². The van der Waals surface area contributed by atoms with E-state index in [4.69, 9.17) is 9.84 Å². The summed E-state index contributed by atoms with van der Waals surface area (Å²) in [6.07, 6.45) is -3.55. The first-order valence-corrected chi connectivity index (χ1v) is 7.73. The van der Waals surface area contributed by atoms with Crippen LogP contribution in [0.1, 0.15) is 29.6 Å². The molecule has 138 valence electrons. The fourth-order valence-electron chi connectivity index (χ4n) is 2.52. The molecule has 1 fully saturated rings. The number of benzene rings is 1. The molecule has 0 saturated carbocycles. The number of carbonyl (C=O) groups is 2. The van der Waals surface area contributed by atoms with E-state index in [9.17, 15) is 22.8 Å². The lowest BCUT2D eigenvalue weighted by Crippen LogP contribution is -2.38. The Morgan fingerprint density at radius 2 is 1.96 bits per heavy atom. The number of rotatable bonds is 7. The molecule has 1 aromatic rings. The molecule has 25 heavy (non-hydrogen) atoms. The summed E-state index contributed by atoms with van der Waals surface area (Å²) in [6.45, 7) is 0.830. The van der Waals surface area contributed by atoms with Crippen LogP contribution in [0.2, 0.25) is 0 Å². The van der Waals surface area contributed by atoms with Gasteiger partial charge in [0.15, 0.2) is 0 Å². The Labute approximate surface area is 142 Å². The van der Waals surface area contributed by atoms with Gasteiger partial charge in [-0.05, 0) is 37.1 Å². The number of ether oxygens (including phenoxy) is 2. The van der Waals surface area contributed by atoms with Crippen LogP contribution in [0.25, 0.3) is 0 Å². The summed E-state index contributed by atoms with van der Waals surface area (Å²) >= 11 is 0. The van der Waals surface area contributed by atoms with Gasteiger partial charge >= 0.3 is 12.3 Å². The van der Waals surface area contributed by atoms with E-state index in [0.29, 0.717) is 6.61 Å². The van der Waals surface area contributed by atoms with Gasteiger partial charge in [0.2, 0.25) is 0 Å². The second kappa shape index (κ2) is 8.19. The minimum absolute atomic E-state index is 0.00513. The average Bonchev–Trinajstić information content (AvgIpc) is 3.03. The number of carboxylic acid groups (broad SMARTS) is 1. The summed E-state index contributed by atoms with van der Waals surface area (Å²) in [5.74, 6) is -1.94. The third kappa shape index (κ3) is 6.26. The molecule has 1 atom stereocenters. The van der Waals surface area contributed by atoms with Crippen molar-refractivity contribution in [1.82, 2.24) is 4.90 Å². The number of hydrogen-bond donors (Lipinski definition) is 1. The highest BCUT2D eigenvalue weighted by Crippen LogP contribution is 2.23. The molecular weight excluding hydrogens is 343 g/mol. The van der Waals surface area contributed by atoms with E-state index in [2.05, 4.69) is 4.74 Å². The van der Waals surface area contributed by atoms with Crippen molar-refractivity contribution in [3.63, 3.8) is 0 Å². The van der Waals surface area contributed by atoms with E-state index in [1.54, 1.807) is 0 Å². The van der Waals surface area contributed by atoms with Crippen LogP contribution in [0.3, 0.4) is 0 Å². The standard InChI is InChI=1S/C16H18F3NO5/c17-16(18,19)25-12-5-3-11(4-6-12)15(23)20(8-7-14(21)22)10-13-2-1-9-24-13/h3-6,13H,1-2,7-10H2,(H,21,22)/t13-/m1/s1. The van der Waals surface area contributed by atoms with Crippen LogP contribution in [0.4, 0.5) is 13.2 Å². The Balaban J connectivity index is 2.06. The summed E-state index contributed by atoms with van der Waals surface area (Å²) < 4.78 is 45.7. The maximum Gasteiger partial charge on any atom is 0.573 e. The molecule has 0 unspecified atom stereocenters. The molecular formula is C16H18F3NO5. The van der Waals surface area contributed by atoms with Gasteiger partial charge in [-0.2, -0.15) is 0 Å². The number of amides is 1. The van der Waals surface area contributed by atoms with Crippen LogP contribution < -0.4 is 4.74 Å². The zero-order chi connectivity index (χ0) is 18.4. The molecule has 1 N–H and O–H groups in total. The van der Waals surface area contributed by atoms with E-state index in [1.165, 1.54) is 17.0 Å². The first-order valence-electron chi connectivity index (χ1n) is 7.73. The molecule has 9 heteroatoms. The van der Waals surface area contributed by atoms with Crippen LogP contribution in [0.5, 0.6) is 5.75 Å². The molecule has 2 rings (SSSR count). The minimum atomic E-state index is -4.81. The highest BCUT2D eigenvalue weighted by atomic mass is 19.4. The van der Waals surface area contributed by atoms with Crippen LogP contribution in [0, 0.1) is 0 Å². The van der Waals surface area contributed by atoms with Crippen molar-refractivity contribution >= 4 is 11.9 Å². The van der Waals surface area contributed by atoms with Crippen molar-refractivity contribution in [3.05, 3.63) is 29.8 Å². The van der Waals surface area contributed by atoms with E-state index in [-0.39, 0.29) is 31.2 Å². The SMILES string of the molecule is O=C(O)CCN(C[C@H]1CCCO1)C(=O)c1ccc(OC(F)(F)F)cc1. The number of halogens is 3. The first kappa shape index (κ1) is 19.0. The van der Waals surface area contributed by atoms with Crippen molar-refractivity contribution < 1.29 is 37.3 Å². The maximum absolute atomic E-state index is 12.6. The maximum atomic E-state index is 12.6. The molecule has 0 bridgehead atoms. The van der Waals surface area contributed by atoms with Crippen molar-refractivity contribution in [2.45, 2.75) is 31.7 Å². The molecule has 0 aliphatic carbocycles. The number of nitrogens with zero attached hydrogens (tertiary/aromatic N) is 1. The van der Waals surface area contributed by atoms with E-state index < -0.39 is 24.0 Å². The molecule has 6 nitrogen and oxygen atoms in total. The van der Waals surface area contributed by atoms with Gasteiger partial charge in [0.25, 0.3) is 5.91 Å². The summed E-state index contributed by atoms with van der Waals surface area (Å²) in [4.78, 5) is 24.7. The predicted octanol–water partition coefficient (Wildman–Crippen LogP) is 2.68. The Morgan fingerprint density at radius 3 is 2.48 bits per heavy atom. The van der Waals surface area contributed by atoms with Crippen LogP contribution in [-0.4, -0.2) is 54.0 Å². The monoisotopic (exact) mass is 361 g/mol. The largest absolute Gasteiger partial charge is 0.573 e. The van der Waals surface area contributed by atoms with Crippen molar-refractivity contribution in [2.24, 2.45) is 0 Å². The lowest BCUT2D eigenvalue weighted by molar-refractivity contribution is -0.274. The number of hydrogen-bond acceptors (Lipinski definition) is 4. The highest BCUT2D eigenvalue weighted by molar-refractivity contribution is 5.94. The molecule has 1 amide bonds. The highest BCUT2D eigenvalue weighted by Gasteiger charge is 2.31. The zero-order valence-corrected chi connectivity index (χ0v) is 13.3. The molecule has 1 aliphatic rings. The summed E-state index contributed by atoms with van der Waals surface area (Å²) in [5, 5.41) is 8.83. The molecule has 1 heterocycles. The lowest BCUT2D eigenvalue weighted by Gasteiger charge is -2.25. The molecule has 0 aromatic heterocycles. The fourth-order valence-corrected chi connectivity index (χ4v) is 2.52. The van der Waals surface area contributed by atoms with E-state index in [0.717, 1.165) is 25.0 Å². The Hall–Kier alpha value is -2.29. The number of carbonyl (C=O) groups excluding carboxylic acids is 1. The van der Waals surface area contributed by atoms with Crippen LogP contribution in [-0.2, 0) is 9.53 Å². The van der Waals surface area contributed by atoms with E-state index >= 15 is 0 Å². The smallest absolute Gasteiger partial charge is 0.481 e. The molecule has 0 spiro atoms. The van der Waals surface area contributed by atoms with Gasteiger partial charge in [0, 0.05) is 25.3 Å². The predicted molar refractivity (Wildman–Crippen MR) is 80.3 cm³/mol. The van der Waals surface area contributed by atoms with Crippen LogP contribution in [0.15, 0.2) is 24.3 Å². The van der Waals surface area contributed by atoms with Gasteiger partial charge < -0.3 is 19.5 Å². The van der Waals surface area contributed by atoms with Crippen molar-refractivity contribution in [2.75, 3.05) is 19.7 Å². The van der Waals surface area contributed by atoms with Gasteiger partial charge in [-0.3, -0.25) is 9.59 Å². The lowest BCUT2D eigenvalue weighted by atomic mass is 10.1. The zero-order valence-electron chi connectivity index (χ0n) is 13.3. The minimum Gasteiger partial charge on any atom is -0.481 e. The molecule has 1 saturated heterocycles. The third-order valence-corrected chi connectivity index (χ3v) is 3.67. The van der Waals surface area contributed by atoms with E-state index in [1.807, 2.05) is 0 Å². The number of alkyl halides is 3. The van der Waals surface area contributed by atoms with Gasteiger partial charge in [-0.25, -0.2) is 0 Å². The Morgan fingerprint density at radius 1 is 1.28 bits per heavy atom. The van der Waals surface area contributed by atoms with Gasteiger partial charge in [0.1, 0.15) is 5.75 Å². The van der Waals surface area contributed by atoms with Gasteiger partial charge in [0.05, 0.1) is 12.5 Å². The quantitative estimate of drug-likeness (QED) is 0.808. The molecule has 1 aromatic carbocycles. The normalized spacial score (nSPS) is 17.3. The molecule has 1 aliphatic heterocycles. The topological polar surface area (TPSA) is 76.1 Å². The Bertz CT molecular complexity index is 597. The molecule has 0 radical (unpaired) electrons. The third-order valence-electron chi connectivity index (χ3n) is 3.67. The summed E-state index contributed by atoms with van der Waals surface area (Å²) in [6, 6.07) is 4.52. The van der Waals surface area contributed by atoms with Gasteiger partial charge in [-0.15, -0.1) is 13.2 Å². The first-order chi connectivity index (χ1) is 11.7.